The Morgan fingerprint density at radius 1 is 1.28 bits per heavy atom. The van der Waals surface area contributed by atoms with Gasteiger partial charge in [-0.25, -0.2) is 4.98 Å². The van der Waals surface area contributed by atoms with E-state index in [1.54, 1.807) is 7.05 Å². The molecule has 0 bridgehead atoms. The molecule has 0 radical (unpaired) electrons. The zero-order chi connectivity index (χ0) is 17.2. The Hall–Kier alpha value is -1.61. The summed E-state index contributed by atoms with van der Waals surface area (Å²) >= 11 is 0. The van der Waals surface area contributed by atoms with E-state index in [0.29, 0.717) is 6.61 Å². The first-order valence-corrected chi connectivity index (χ1v) is 8.30. The topological polar surface area (TPSA) is 63.5 Å². The Kier molecular flexibility index (Phi) is 10.2. The SMILES string of the molecule is CCOCCNC(=NC)NCc1cccc(Cn2ccnc2C)c1.I. The third-order valence-corrected chi connectivity index (χ3v) is 3.69. The van der Waals surface area contributed by atoms with Crippen LogP contribution in [0, 0.1) is 6.92 Å². The van der Waals surface area contributed by atoms with Gasteiger partial charge in [-0.1, -0.05) is 24.3 Å². The Bertz CT molecular complexity index is 656. The van der Waals surface area contributed by atoms with Crippen molar-refractivity contribution in [2.45, 2.75) is 26.9 Å². The van der Waals surface area contributed by atoms with E-state index in [1.807, 2.05) is 26.2 Å². The molecular formula is C18H28IN5O. The number of imidazole rings is 1. The third kappa shape index (κ3) is 7.43. The maximum Gasteiger partial charge on any atom is 0.191 e. The van der Waals surface area contributed by atoms with Crippen LogP contribution in [0.25, 0.3) is 0 Å². The van der Waals surface area contributed by atoms with Crippen LogP contribution < -0.4 is 10.6 Å². The van der Waals surface area contributed by atoms with E-state index in [2.05, 4.69) is 49.4 Å². The Labute approximate surface area is 167 Å². The molecule has 7 heteroatoms. The summed E-state index contributed by atoms with van der Waals surface area (Å²) in [7, 11) is 1.77. The summed E-state index contributed by atoms with van der Waals surface area (Å²) in [5.41, 5.74) is 2.48. The number of nitrogens with one attached hydrogen (secondary N) is 2. The van der Waals surface area contributed by atoms with E-state index >= 15 is 0 Å². The van der Waals surface area contributed by atoms with Gasteiger partial charge in [0.05, 0.1) is 6.61 Å². The zero-order valence-electron chi connectivity index (χ0n) is 15.2. The predicted octanol–water partition coefficient (Wildman–Crippen LogP) is 2.56. The number of benzene rings is 1. The summed E-state index contributed by atoms with van der Waals surface area (Å²) in [5.74, 6) is 1.81. The van der Waals surface area contributed by atoms with Gasteiger partial charge >= 0.3 is 0 Å². The molecule has 6 nitrogen and oxygen atoms in total. The summed E-state index contributed by atoms with van der Waals surface area (Å²) in [6.07, 6.45) is 3.84. The summed E-state index contributed by atoms with van der Waals surface area (Å²) in [5, 5.41) is 6.56. The molecule has 25 heavy (non-hydrogen) atoms. The van der Waals surface area contributed by atoms with Gasteiger partial charge in [0, 0.05) is 45.7 Å². The van der Waals surface area contributed by atoms with Crippen molar-refractivity contribution in [2.24, 2.45) is 4.99 Å². The van der Waals surface area contributed by atoms with Crippen LogP contribution in [0.4, 0.5) is 0 Å². The number of aryl methyl sites for hydroxylation is 1. The van der Waals surface area contributed by atoms with E-state index in [4.69, 9.17) is 4.74 Å². The molecule has 0 spiro atoms. The molecule has 0 atom stereocenters. The van der Waals surface area contributed by atoms with Gasteiger partial charge in [-0.3, -0.25) is 4.99 Å². The van der Waals surface area contributed by atoms with E-state index in [-0.39, 0.29) is 24.0 Å². The van der Waals surface area contributed by atoms with Crippen LogP contribution in [0.15, 0.2) is 41.7 Å². The Balaban J connectivity index is 0.00000312. The van der Waals surface area contributed by atoms with Gasteiger partial charge in [-0.2, -0.15) is 0 Å². The molecule has 2 N–H and O–H groups in total. The first kappa shape index (κ1) is 21.4. The molecule has 0 aliphatic rings. The maximum atomic E-state index is 5.31. The fourth-order valence-corrected chi connectivity index (χ4v) is 2.40. The van der Waals surface area contributed by atoms with Crippen LogP contribution in [0.2, 0.25) is 0 Å². The number of hydrogen-bond acceptors (Lipinski definition) is 3. The number of aromatic nitrogens is 2. The van der Waals surface area contributed by atoms with Crippen molar-refractivity contribution in [3.8, 4) is 0 Å². The van der Waals surface area contributed by atoms with E-state index < -0.39 is 0 Å². The first-order valence-electron chi connectivity index (χ1n) is 8.30. The highest BCUT2D eigenvalue weighted by atomic mass is 127. The van der Waals surface area contributed by atoms with Crippen molar-refractivity contribution >= 4 is 29.9 Å². The monoisotopic (exact) mass is 457 g/mol. The van der Waals surface area contributed by atoms with Crippen molar-refractivity contribution in [3.05, 3.63) is 53.6 Å². The molecule has 0 amide bonds. The highest BCUT2D eigenvalue weighted by Gasteiger charge is 2.02. The molecule has 1 aromatic heterocycles. The summed E-state index contributed by atoms with van der Waals surface area (Å²) in [6.45, 7) is 7.72. The quantitative estimate of drug-likeness (QED) is 0.277. The minimum Gasteiger partial charge on any atom is -0.380 e. The maximum absolute atomic E-state index is 5.31. The van der Waals surface area contributed by atoms with Gasteiger partial charge in [0.25, 0.3) is 0 Å². The molecule has 0 aliphatic carbocycles. The van der Waals surface area contributed by atoms with E-state index in [0.717, 1.165) is 38.0 Å². The summed E-state index contributed by atoms with van der Waals surface area (Å²) < 4.78 is 7.45. The molecule has 0 aliphatic heterocycles. The number of rotatable bonds is 8. The van der Waals surface area contributed by atoms with Crippen LogP contribution in [-0.4, -0.2) is 42.3 Å². The standard InChI is InChI=1S/C18H27N5O.HI/c1-4-24-11-9-21-18(19-3)22-13-16-6-5-7-17(12-16)14-23-10-8-20-15(23)2;/h5-8,10,12H,4,9,11,13-14H2,1-3H3,(H2,19,21,22);1H. The molecule has 0 fully saturated rings. The number of hydrogen-bond donors (Lipinski definition) is 2. The number of halogens is 1. The molecule has 2 aromatic rings. The van der Waals surface area contributed by atoms with Gasteiger partial charge in [0.2, 0.25) is 0 Å². The highest BCUT2D eigenvalue weighted by Crippen LogP contribution is 2.08. The second-order valence-corrected chi connectivity index (χ2v) is 5.47. The molecule has 1 heterocycles. The van der Waals surface area contributed by atoms with E-state index in [1.165, 1.54) is 11.1 Å². The van der Waals surface area contributed by atoms with Crippen LogP contribution in [0.3, 0.4) is 0 Å². The Morgan fingerprint density at radius 3 is 2.76 bits per heavy atom. The largest absolute Gasteiger partial charge is 0.380 e. The number of aliphatic imine (C=N–C) groups is 1. The van der Waals surface area contributed by atoms with Gasteiger partial charge in [-0.05, 0) is 25.0 Å². The average Bonchev–Trinajstić information content (AvgIpc) is 2.99. The summed E-state index contributed by atoms with van der Waals surface area (Å²) in [4.78, 5) is 8.49. The van der Waals surface area contributed by atoms with Gasteiger partial charge in [0.15, 0.2) is 5.96 Å². The fourth-order valence-electron chi connectivity index (χ4n) is 2.40. The van der Waals surface area contributed by atoms with Gasteiger partial charge in [-0.15, -0.1) is 24.0 Å². The number of ether oxygens (including phenoxy) is 1. The average molecular weight is 457 g/mol. The van der Waals surface area contributed by atoms with Gasteiger partial charge < -0.3 is 19.9 Å². The molecule has 0 unspecified atom stereocenters. The minimum absolute atomic E-state index is 0. The zero-order valence-corrected chi connectivity index (χ0v) is 17.5. The molecular weight excluding hydrogens is 429 g/mol. The van der Waals surface area contributed by atoms with Crippen molar-refractivity contribution < 1.29 is 4.74 Å². The molecule has 0 saturated carbocycles. The second-order valence-electron chi connectivity index (χ2n) is 5.47. The smallest absolute Gasteiger partial charge is 0.191 e. The van der Waals surface area contributed by atoms with Crippen LogP contribution in [-0.2, 0) is 17.8 Å². The molecule has 2 rings (SSSR count). The van der Waals surface area contributed by atoms with Crippen molar-refractivity contribution in [1.82, 2.24) is 20.2 Å². The lowest BCUT2D eigenvalue weighted by Crippen LogP contribution is -2.38. The van der Waals surface area contributed by atoms with Crippen LogP contribution >= 0.6 is 24.0 Å². The molecule has 0 saturated heterocycles. The lowest BCUT2D eigenvalue weighted by Gasteiger charge is -2.13. The lowest BCUT2D eigenvalue weighted by atomic mass is 10.1. The second kappa shape index (κ2) is 11.9. The normalized spacial score (nSPS) is 11.1. The Morgan fingerprint density at radius 2 is 2.08 bits per heavy atom. The fraction of sp³-hybridized carbons (Fsp3) is 0.444. The number of guanidine groups is 1. The first-order chi connectivity index (χ1) is 11.7. The van der Waals surface area contributed by atoms with E-state index in [9.17, 15) is 0 Å². The number of nitrogens with zero attached hydrogens (tertiary/aromatic N) is 3. The van der Waals surface area contributed by atoms with Crippen molar-refractivity contribution in [1.29, 1.82) is 0 Å². The van der Waals surface area contributed by atoms with Crippen molar-refractivity contribution in [2.75, 3.05) is 26.8 Å². The molecule has 1 aromatic carbocycles. The highest BCUT2D eigenvalue weighted by molar-refractivity contribution is 14.0. The lowest BCUT2D eigenvalue weighted by molar-refractivity contribution is 0.152. The van der Waals surface area contributed by atoms with Crippen LogP contribution in [0.1, 0.15) is 23.9 Å². The third-order valence-electron chi connectivity index (χ3n) is 3.69. The molecule has 138 valence electrons. The summed E-state index contributed by atoms with van der Waals surface area (Å²) in [6, 6.07) is 8.55. The predicted molar refractivity (Wildman–Crippen MR) is 113 cm³/mol. The van der Waals surface area contributed by atoms with Crippen molar-refractivity contribution in [3.63, 3.8) is 0 Å². The van der Waals surface area contributed by atoms with Gasteiger partial charge in [0.1, 0.15) is 5.82 Å². The van der Waals surface area contributed by atoms with Crippen LogP contribution in [0.5, 0.6) is 0 Å². The minimum atomic E-state index is 0.